The highest BCUT2D eigenvalue weighted by atomic mass is 35.5. The molecule has 1 aromatic carbocycles. The molecule has 5 nitrogen and oxygen atoms in total. The molecule has 0 amide bonds. The number of benzene rings is 1. The lowest BCUT2D eigenvalue weighted by atomic mass is 10.3. The van der Waals surface area contributed by atoms with E-state index >= 15 is 0 Å². The summed E-state index contributed by atoms with van der Waals surface area (Å²) in [4.78, 5) is 2.43. The van der Waals surface area contributed by atoms with Gasteiger partial charge < -0.3 is 10.2 Å². The van der Waals surface area contributed by atoms with Crippen LogP contribution in [0.3, 0.4) is 0 Å². The van der Waals surface area contributed by atoms with Crippen molar-refractivity contribution in [3.05, 3.63) is 36.3 Å². The summed E-state index contributed by atoms with van der Waals surface area (Å²) in [6, 6.07) is 6.30. The molecule has 1 fully saturated rings. The van der Waals surface area contributed by atoms with Gasteiger partial charge in [-0.3, -0.25) is 0 Å². The van der Waals surface area contributed by atoms with E-state index in [0.717, 1.165) is 13.1 Å². The quantitative estimate of drug-likeness (QED) is 0.920. The summed E-state index contributed by atoms with van der Waals surface area (Å²) in [5.74, 6) is 0.440. The second-order valence-corrected chi connectivity index (χ2v) is 5.00. The van der Waals surface area contributed by atoms with Crippen LogP contribution in [-0.2, 0) is 0 Å². The maximum atomic E-state index is 13.2. The maximum absolute atomic E-state index is 13.2. The minimum Gasteiger partial charge on any atom is -0.366 e. The normalized spacial score (nSPS) is 14.9. The lowest BCUT2D eigenvalue weighted by Crippen LogP contribution is -2.26. The molecule has 0 bridgehead atoms. The largest absolute Gasteiger partial charge is 0.366 e. The number of nitrogens with one attached hydrogen (secondary N) is 1. The molecule has 0 atom stereocenters. The van der Waals surface area contributed by atoms with Gasteiger partial charge in [0.15, 0.2) is 5.82 Å². The van der Waals surface area contributed by atoms with E-state index in [1.165, 1.54) is 38.1 Å². The molecule has 114 valence electrons. The summed E-state index contributed by atoms with van der Waals surface area (Å²) in [7, 11) is 0. The highest BCUT2D eigenvalue weighted by Gasteiger charge is 2.10. The Hall–Kier alpha value is -1.66. The van der Waals surface area contributed by atoms with Gasteiger partial charge >= 0.3 is 0 Å². The smallest absolute Gasteiger partial charge is 0.169 e. The molecule has 0 saturated carbocycles. The molecule has 0 radical (unpaired) electrons. The van der Waals surface area contributed by atoms with Gasteiger partial charge in [-0.2, -0.15) is 0 Å². The van der Waals surface area contributed by atoms with Crippen molar-refractivity contribution in [1.82, 2.24) is 19.9 Å². The number of anilines is 1. The van der Waals surface area contributed by atoms with E-state index in [1.807, 2.05) is 0 Å². The van der Waals surface area contributed by atoms with E-state index in [-0.39, 0.29) is 18.2 Å². The number of likely N-dealkylation sites (tertiary alicyclic amines) is 1. The Morgan fingerprint density at radius 2 is 2.05 bits per heavy atom. The van der Waals surface area contributed by atoms with Gasteiger partial charge in [0.25, 0.3) is 0 Å². The Labute approximate surface area is 129 Å². The topological polar surface area (TPSA) is 46.0 Å². The zero-order chi connectivity index (χ0) is 13.8. The first kappa shape index (κ1) is 15.7. The second kappa shape index (κ2) is 7.38. The minimum absolute atomic E-state index is 0. The third-order valence-corrected chi connectivity index (χ3v) is 3.50. The zero-order valence-electron chi connectivity index (χ0n) is 11.7. The molecule has 21 heavy (non-hydrogen) atoms. The lowest BCUT2D eigenvalue weighted by Gasteiger charge is -2.13. The van der Waals surface area contributed by atoms with Crippen molar-refractivity contribution >= 4 is 18.2 Å². The van der Waals surface area contributed by atoms with Gasteiger partial charge in [-0.1, -0.05) is 11.3 Å². The monoisotopic (exact) mass is 311 g/mol. The van der Waals surface area contributed by atoms with Crippen LogP contribution in [0.15, 0.2) is 30.5 Å². The number of aromatic nitrogens is 3. The summed E-state index contributed by atoms with van der Waals surface area (Å²) in [6.45, 7) is 4.25. The van der Waals surface area contributed by atoms with Crippen molar-refractivity contribution in [2.45, 2.75) is 12.8 Å². The molecule has 2 heterocycles. The van der Waals surface area contributed by atoms with E-state index < -0.39 is 0 Å². The number of hydrogen-bond donors (Lipinski definition) is 1. The molecule has 2 aromatic rings. The van der Waals surface area contributed by atoms with Crippen molar-refractivity contribution in [1.29, 1.82) is 0 Å². The van der Waals surface area contributed by atoms with Crippen molar-refractivity contribution in [2.24, 2.45) is 0 Å². The van der Waals surface area contributed by atoms with Crippen LogP contribution in [0.4, 0.5) is 10.2 Å². The molecule has 1 aliphatic heterocycles. The highest BCUT2D eigenvalue weighted by molar-refractivity contribution is 5.85. The molecular weight excluding hydrogens is 293 g/mol. The van der Waals surface area contributed by atoms with Crippen LogP contribution in [0.1, 0.15) is 12.8 Å². The van der Waals surface area contributed by atoms with Crippen LogP contribution in [0.2, 0.25) is 0 Å². The van der Waals surface area contributed by atoms with Crippen LogP contribution in [0.5, 0.6) is 0 Å². The number of rotatable bonds is 5. The fraction of sp³-hybridized carbons (Fsp3) is 0.429. The fourth-order valence-corrected chi connectivity index (χ4v) is 2.44. The van der Waals surface area contributed by atoms with Gasteiger partial charge in [-0.25, -0.2) is 9.07 Å². The van der Waals surface area contributed by atoms with Gasteiger partial charge in [-0.15, -0.1) is 17.5 Å². The Kier molecular flexibility index (Phi) is 5.52. The lowest BCUT2D eigenvalue weighted by molar-refractivity contribution is 0.352. The molecule has 1 saturated heterocycles. The predicted molar refractivity (Wildman–Crippen MR) is 82.7 cm³/mol. The van der Waals surface area contributed by atoms with Crippen LogP contribution < -0.4 is 5.32 Å². The number of hydrogen-bond acceptors (Lipinski definition) is 4. The third kappa shape index (κ3) is 4.15. The second-order valence-electron chi connectivity index (χ2n) is 5.00. The van der Waals surface area contributed by atoms with Crippen molar-refractivity contribution in [2.75, 3.05) is 31.5 Å². The first-order valence-corrected chi connectivity index (χ1v) is 6.96. The van der Waals surface area contributed by atoms with Gasteiger partial charge in [0, 0.05) is 13.1 Å². The Morgan fingerprint density at radius 1 is 1.24 bits per heavy atom. The summed E-state index contributed by atoms with van der Waals surface area (Å²) >= 11 is 0. The van der Waals surface area contributed by atoms with E-state index in [1.54, 1.807) is 23.0 Å². The first-order valence-electron chi connectivity index (χ1n) is 6.96. The Balaban J connectivity index is 0.00000161. The van der Waals surface area contributed by atoms with Crippen LogP contribution in [0.25, 0.3) is 5.69 Å². The summed E-state index contributed by atoms with van der Waals surface area (Å²) < 4.78 is 14.7. The van der Waals surface area contributed by atoms with Gasteiger partial charge in [0.2, 0.25) is 0 Å². The molecular formula is C14H19ClFN5. The average Bonchev–Trinajstić information content (AvgIpc) is 3.10. The Morgan fingerprint density at radius 3 is 2.81 bits per heavy atom. The zero-order valence-corrected chi connectivity index (χ0v) is 12.5. The minimum atomic E-state index is -0.276. The molecule has 1 aliphatic rings. The fourth-order valence-electron chi connectivity index (χ4n) is 2.44. The Bertz CT molecular complexity index is 568. The van der Waals surface area contributed by atoms with E-state index in [0.29, 0.717) is 11.5 Å². The molecule has 1 N–H and O–H groups in total. The summed E-state index contributed by atoms with van der Waals surface area (Å²) in [5.41, 5.74) is 0.671. The summed E-state index contributed by atoms with van der Waals surface area (Å²) in [5, 5.41) is 11.3. The summed E-state index contributed by atoms with van der Waals surface area (Å²) in [6.07, 6.45) is 4.38. The molecule has 0 spiro atoms. The SMILES string of the molecule is Cl.Fc1cccc(-n2cc(NCCN3CCCC3)nn2)c1. The number of halogens is 2. The van der Waals surface area contributed by atoms with Gasteiger partial charge in [0.05, 0.1) is 11.9 Å². The predicted octanol–water partition coefficient (Wildman–Crippen LogP) is 2.34. The van der Waals surface area contributed by atoms with Gasteiger partial charge in [-0.05, 0) is 44.1 Å². The van der Waals surface area contributed by atoms with Crippen LogP contribution >= 0.6 is 12.4 Å². The molecule has 1 aromatic heterocycles. The number of nitrogens with zero attached hydrogens (tertiary/aromatic N) is 4. The van der Waals surface area contributed by atoms with E-state index in [4.69, 9.17) is 0 Å². The molecule has 3 rings (SSSR count). The van der Waals surface area contributed by atoms with Crippen LogP contribution in [-0.4, -0.2) is 46.1 Å². The van der Waals surface area contributed by atoms with Crippen molar-refractivity contribution < 1.29 is 4.39 Å². The van der Waals surface area contributed by atoms with Gasteiger partial charge in [0.1, 0.15) is 5.82 Å². The third-order valence-electron chi connectivity index (χ3n) is 3.50. The van der Waals surface area contributed by atoms with E-state index in [9.17, 15) is 4.39 Å². The highest BCUT2D eigenvalue weighted by Crippen LogP contribution is 2.11. The van der Waals surface area contributed by atoms with Crippen LogP contribution in [0, 0.1) is 5.82 Å². The van der Waals surface area contributed by atoms with E-state index in [2.05, 4.69) is 20.5 Å². The van der Waals surface area contributed by atoms with Crippen molar-refractivity contribution in [3.8, 4) is 5.69 Å². The maximum Gasteiger partial charge on any atom is 0.169 e. The standard InChI is InChI=1S/C14H18FN5.ClH/c15-12-4-3-5-13(10-12)20-11-14(17-18-20)16-6-9-19-7-1-2-8-19;/h3-5,10-11,16H,1-2,6-9H2;1H. The van der Waals surface area contributed by atoms with Crippen molar-refractivity contribution in [3.63, 3.8) is 0 Å². The molecule has 0 aliphatic carbocycles. The first-order chi connectivity index (χ1) is 9.81. The average molecular weight is 312 g/mol. The molecule has 0 unspecified atom stereocenters. The molecule has 7 heteroatoms.